The molecule has 1 amide bonds. The maximum atomic E-state index is 11.9. The normalized spacial score (nSPS) is 10.2. The SMILES string of the molecule is O=C(NCc1ccc(Br)cc1)c1cc(O)ccc1Cl. The van der Waals surface area contributed by atoms with Crippen molar-refractivity contribution in [3.63, 3.8) is 0 Å². The summed E-state index contributed by atoms with van der Waals surface area (Å²) in [6.07, 6.45) is 0. The van der Waals surface area contributed by atoms with Crippen LogP contribution in [0.3, 0.4) is 0 Å². The van der Waals surface area contributed by atoms with Gasteiger partial charge in [-0.25, -0.2) is 0 Å². The molecule has 0 saturated heterocycles. The summed E-state index contributed by atoms with van der Waals surface area (Å²) in [7, 11) is 0. The standard InChI is InChI=1S/C14H11BrClNO2/c15-10-3-1-9(2-4-10)8-17-14(19)12-7-11(18)5-6-13(12)16/h1-7,18H,8H2,(H,17,19). The van der Waals surface area contributed by atoms with Gasteiger partial charge in [0.2, 0.25) is 0 Å². The monoisotopic (exact) mass is 339 g/mol. The third-order valence-electron chi connectivity index (χ3n) is 2.56. The van der Waals surface area contributed by atoms with E-state index in [1.54, 1.807) is 0 Å². The van der Waals surface area contributed by atoms with E-state index in [4.69, 9.17) is 11.6 Å². The molecule has 0 aliphatic carbocycles. The Morgan fingerprint density at radius 2 is 1.89 bits per heavy atom. The summed E-state index contributed by atoms with van der Waals surface area (Å²) < 4.78 is 0.985. The van der Waals surface area contributed by atoms with E-state index < -0.39 is 0 Å². The van der Waals surface area contributed by atoms with Gasteiger partial charge in [-0.15, -0.1) is 0 Å². The molecular formula is C14H11BrClNO2. The van der Waals surface area contributed by atoms with Gasteiger partial charge in [-0.2, -0.15) is 0 Å². The van der Waals surface area contributed by atoms with Crippen molar-refractivity contribution in [2.45, 2.75) is 6.54 Å². The van der Waals surface area contributed by atoms with Crippen molar-refractivity contribution in [1.82, 2.24) is 5.32 Å². The molecule has 0 spiro atoms. The van der Waals surface area contributed by atoms with Crippen LogP contribution in [0.5, 0.6) is 5.75 Å². The van der Waals surface area contributed by atoms with Gasteiger partial charge in [-0.3, -0.25) is 4.79 Å². The number of phenolic OH excluding ortho intramolecular Hbond substituents is 1. The van der Waals surface area contributed by atoms with Gasteiger partial charge in [0, 0.05) is 11.0 Å². The number of carbonyl (C=O) groups excluding carboxylic acids is 1. The molecule has 98 valence electrons. The van der Waals surface area contributed by atoms with Crippen molar-refractivity contribution in [3.8, 4) is 5.75 Å². The smallest absolute Gasteiger partial charge is 0.253 e. The van der Waals surface area contributed by atoms with Gasteiger partial charge in [0.1, 0.15) is 5.75 Å². The van der Waals surface area contributed by atoms with Crippen molar-refractivity contribution < 1.29 is 9.90 Å². The summed E-state index contributed by atoms with van der Waals surface area (Å²) in [6.45, 7) is 0.401. The minimum absolute atomic E-state index is 0.0122. The Labute approximate surface area is 124 Å². The lowest BCUT2D eigenvalue weighted by Crippen LogP contribution is -2.23. The molecular weight excluding hydrogens is 330 g/mol. The molecule has 0 aromatic heterocycles. The number of halogens is 2. The fourth-order valence-electron chi connectivity index (χ4n) is 1.57. The van der Waals surface area contributed by atoms with E-state index >= 15 is 0 Å². The molecule has 5 heteroatoms. The number of carbonyl (C=O) groups is 1. The number of benzene rings is 2. The quantitative estimate of drug-likeness (QED) is 0.894. The molecule has 3 nitrogen and oxygen atoms in total. The highest BCUT2D eigenvalue weighted by molar-refractivity contribution is 9.10. The summed E-state index contributed by atoms with van der Waals surface area (Å²) in [5, 5.41) is 12.4. The number of hydrogen-bond donors (Lipinski definition) is 2. The summed E-state index contributed by atoms with van der Waals surface area (Å²) in [5.74, 6) is -0.304. The van der Waals surface area contributed by atoms with E-state index in [0.29, 0.717) is 11.6 Å². The Balaban J connectivity index is 2.05. The molecule has 0 radical (unpaired) electrons. The van der Waals surface area contributed by atoms with Crippen LogP contribution in [0.15, 0.2) is 46.9 Å². The number of amides is 1. The van der Waals surface area contributed by atoms with Crippen molar-refractivity contribution in [2.24, 2.45) is 0 Å². The minimum atomic E-state index is -0.316. The first-order valence-corrected chi connectivity index (χ1v) is 6.74. The largest absolute Gasteiger partial charge is 0.508 e. The average molecular weight is 341 g/mol. The van der Waals surface area contributed by atoms with Crippen LogP contribution in [-0.4, -0.2) is 11.0 Å². The average Bonchev–Trinajstić information content (AvgIpc) is 2.40. The van der Waals surface area contributed by atoms with Crippen LogP contribution in [0.1, 0.15) is 15.9 Å². The summed E-state index contributed by atoms with van der Waals surface area (Å²) in [6, 6.07) is 11.9. The van der Waals surface area contributed by atoms with E-state index in [2.05, 4.69) is 21.2 Å². The van der Waals surface area contributed by atoms with E-state index in [9.17, 15) is 9.90 Å². The molecule has 0 fully saturated rings. The first kappa shape index (κ1) is 13.9. The topological polar surface area (TPSA) is 49.3 Å². The van der Waals surface area contributed by atoms with E-state index in [0.717, 1.165) is 10.0 Å². The summed E-state index contributed by atoms with van der Waals surface area (Å²) in [4.78, 5) is 11.9. The first-order valence-electron chi connectivity index (χ1n) is 5.57. The number of nitrogens with one attached hydrogen (secondary N) is 1. The minimum Gasteiger partial charge on any atom is -0.508 e. The molecule has 0 unspecified atom stereocenters. The maximum absolute atomic E-state index is 11.9. The van der Waals surface area contributed by atoms with Gasteiger partial charge in [0.25, 0.3) is 5.91 Å². The highest BCUT2D eigenvalue weighted by Crippen LogP contribution is 2.21. The van der Waals surface area contributed by atoms with Crippen LogP contribution in [0.25, 0.3) is 0 Å². The second-order valence-corrected chi connectivity index (χ2v) is 5.30. The molecule has 0 bridgehead atoms. The van der Waals surface area contributed by atoms with E-state index in [-0.39, 0.29) is 17.2 Å². The molecule has 2 aromatic rings. The molecule has 2 aromatic carbocycles. The zero-order valence-electron chi connectivity index (χ0n) is 9.86. The number of aromatic hydroxyl groups is 1. The van der Waals surface area contributed by atoms with E-state index in [1.165, 1.54) is 18.2 Å². The van der Waals surface area contributed by atoms with Crippen molar-refractivity contribution in [3.05, 3.63) is 63.1 Å². The second-order valence-electron chi connectivity index (χ2n) is 3.97. The molecule has 0 aliphatic rings. The maximum Gasteiger partial charge on any atom is 0.253 e. The van der Waals surface area contributed by atoms with Crippen LogP contribution in [-0.2, 0) is 6.54 Å². The number of hydrogen-bond acceptors (Lipinski definition) is 2. The lowest BCUT2D eigenvalue weighted by atomic mass is 10.2. The highest BCUT2D eigenvalue weighted by Gasteiger charge is 2.10. The fourth-order valence-corrected chi connectivity index (χ4v) is 2.03. The van der Waals surface area contributed by atoms with Gasteiger partial charge in [0.05, 0.1) is 10.6 Å². The predicted octanol–water partition coefficient (Wildman–Crippen LogP) is 3.74. The van der Waals surface area contributed by atoms with Gasteiger partial charge in [-0.05, 0) is 35.9 Å². The zero-order chi connectivity index (χ0) is 13.8. The van der Waals surface area contributed by atoms with Crippen LogP contribution in [0.2, 0.25) is 5.02 Å². The second kappa shape index (κ2) is 6.08. The van der Waals surface area contributed by atoms with Crippen LogP contribution in [0, 0.1) is 0 Å². The Kier molecular flexibility index (Phi) is 4.45. The lowest BCUT2D eigenvalue weighted by molar-refractivity contribution is 0.0950. The zero-order valence-corrected chi connectivity index (χ0v) is 12.2. The van der Waals surface area contributed by atoms with Gasteiger partial charge >= 0.3 is 0 Å². The molecule has 0 saturated carbocycles. The third-order valence-corrected chi connectivity index (χ3v) is 3.42. The molecule has 0 heterocycles. The Morgan fingerprint density at radius 3 is 2.58 bits per heavy atom. The number of phenols is 1. The number of rotatable bonds is 3. The van der Waals surface area contributed by atoms with Crippen LogP contribution in [0.4, 0.5) is 0 Å². The van der Waals surface area contributed by atoms with Crippen LogP contribution >= 0.6 is 27.5 Å². The molecule has 0 aliphatic heterocycles. The Morgan fingerprint density at radius 1 is 1.21 bits per heavy atom. The lowest BCUT2D eigenvalue weighted by Gasteiger charge is -2.07. The Hall–Kier alpha value is -1.52. The summed E-state index contributed by atoms with van der Waals surface area (Å²) >= 11 is 9.26. The van der Waals surface area contributed by atoms with E-state index in [1.807, 2.05) is 24.3 Å². The Bertz CT molecular complexity index is 599. The molecule has 2 rings (SSSR count). The molecule has 0 atom stereocenters. The van der Waals surface area contributed by atoms with Crippen molar-refractivity contribution in [2.75, 3.05) is 0 Å². The van der Waals surface area contributed by atoms with Gasteiger partial charge < -0.3 is 10.4 Å². The fraction of sp³-hybridized carbons (Fsp3) is 0.0714. The van der Waals surface area contributed by atoms with Crippen molar-refractivity contribution >= 4 is 33.4 Å². The molecule has 2 N–H and O–H groups in total. The van der Waals surface area contributed by atoms with Crippen LogP contribution < -0.4 is 5.32 Å². The highest BCUT2D eigenvalue weighted by atomic mass is 79.9. The first-order chi connectivity index (χ1) is 9.06. The van der Waals surface area contributed by atoms with Gasteiger partial charge in [-0.1, -0.05) is 39.7 Å². The third kappa shape index (κ3) is 3.72. The van der Waals surface area contributed by atoms with Crippen molar-refractivity contribution in [1.29, 1.82) is 0 Å². The molecule has 19 heavy (non-hydrogen) atoms. The van der Waals surface area contributed by atoms with Gasteiger partial charge in [0.15, 0.2) is 0 Å². The summed E-state index contributed by atoms with van der Waals surface area (Å²) in [5.41, 5.74) is 1.24. The predicted molar refractivity (Wildman–Crippen MR) is 78.4 cm³/mol.